The molecule has 0 aliphatic heterocycles. The molecule has 44 valence electrons. The molecule has 0 fully saturated rings. The maximum atomic E-state index is 8.27. The van der Waals surface area contributed by atoms with Crippen molar-refractivity contribution in [3.05, 3.63) is 35.9 Å². The lowest BCUT2D eigenvalue weighted by Crippen LogP contribution is -1.76. The van der Waals surface area contributed by atoms with Gasteiger partial charge < -0.3 is 0 Å². The van der Waals surface area contributed by atoms with Crippen LogP contribution in [0.3, 0.4) is 0 Å². The second-order valence-corrected chi connectivity index (χ2v) is 1.82. The summed E-state index contributed by atoms with van der Waals surface area (Å²) in [6, 6.07) is 11.8. The molecular weight excluding hydrogens is 117 g/mol. The van der Waals surface area contributed by atoms with E-state index in [9.17, 15) is 0 Å². The quantitative estimate of drug-likeness (QED) is 0.523. The van der Waals surface area contributed by atoms with Crippen LogP contribution in [0.4, 0.5) is 0 Å². The van der Waals surface area contributed by atoms with Gasteiger partial charge in [-0.25, -0.2) is 0 Å². The van der Waals surface area contributed by atoms with Gasteiger partial charge in [-0.2, -0.15) is 5.26 Å². The second-order valence-electron chi connectivity index (χ2n) is 1.82. The minimum atomic E-state index is 0.515. The first-order chi connectivity index (χ1) is 4.43. The SMILES string of the molecule is N#[13C]C[13c]1[13cH][13cH][13cH][13cH][13cH]1. The molecule has 0 radical (unpaired) electrons. The lowest BCUT2D eigenvalue weighted by molar-refractivity contribution is 1.26. The average Bonchev–Trinajstić information content (AvgIpc) is 1.91. The maximum absolute atomic E-state index is 8.27. The summed E-state index contributed by atoms with van der Waals surface area (Å²) in [5.74, 6) is 0. The molecule has 0 bridgehead atoms. The Morgan fingerprint density at radius 1 is 1.22 bits per heavy atom. The van der Waals surface area contributed by atoms with Gasteiger partial charge in [0, 0.05) is 0 Å². The van der Waals surface area contributed by atoms with Crippen LogP contribution in [0, 0.1) is 11.3 Å². The standard InChI is InChI=1S/C8H7N/c9-7-6-8-4-2-1-3-5-8/h1-5H,6H2/i1+1,2+1,3+1,4+1,5+1,7+1,8+1. The molecule has 0 saturated carbocycles. The van der Waals surface area contributed by atoms with Gasteiger partial charge in [0.1, 0.15) is 0 Å². The van der Waals surface area contributed by atoms with Gasteiger partial charge in [0.25, 0.3) is 0 Å². The van der Waals surface area contributed by atoms with Gasteiger partial charge in [0.15, 0.2) is 0 Å². The molecule has 1 heteroatoms. The Balaban J connectivity index is 2.76. The van der Waals surface area contributed by atoms with Crippen molar-refractivity contribution < 1.29 is 0 Å². The molecule has 0 unspecified atom stereocenters. The zero-order valence-electron chi connectivity index (χ0n) is 5.04. The van der Waals surface area contributed by atoms with E-state index in [1.807, 2.05) is 30.3 Å². The molecule has 9 heavy (non-hydrogen) atoms. The molecule has 1 aromatic carbocycles. The summed E-state index contributed by atoms with van der Waals surface area (Å²) in [5, 5.41) is 8.27. The molecule has 1 nitrogen and oxygen atoms in total. The third-order valence-corrected chi connectivity index (χ3v) is 1.13. The van der Waals surface area contributed by atoms with Gasteiger partial charge >= 0.3 is 0 Å². The Bertz CT molecular complexity index is 208. The number of hydrogen-bond acceptors (Lipinski definition) is 1. The van der Waals surface area contributed by atoms with E-state index in [1.165, 1.54) is 0 Å². The largest absolute Gasteiger partial charge is 0.198 e. The Morgan fingerprint density at radius 3 is 2.44 bits per heavy atom. The van der Waals surface area contributed by atoms with E-state index >= 15 is 0 Å². The summed E-state index contributed by atoms with van der Waals surface area (Å²) in [5.41, 5.74) is 1.08. The van der Waals surface area contributed by atoms with Crippen molar-refractivity contribution in [2.45, 2.75) is 6.42 Å². The minimum absolute atomic E-state index is 0.515. The predicted molar refractivity (Wildman–Crippen MR) is 35.8 cm³/mol. The van der Waals surface area contributed by atoms with E-state index in [4.69, 9.17) is 5.26 Å². The molecule has 1 aromatic rings. The molecule has 0 heterocycles. The van der Waals surface area contributed by atoms with Crippen molar-refractivity contribution >= 4 is 0 Å². The molecule has 0 aliphatic rings. The van der Waals surface area contributed by atoms with Crippen LogP contribution in [-0.4, -0.2) is 0 Å². The summed E-state index contributed by atoms with van der Waals surface area (Å²) < 4.78 is 0. The van der Waals surface area contributed by atoms with Crippen molar-refractivity contribution in [2.24, 2.45) is 0 Å². The molecule has 0 atom stereocenters. The van der Waals surface area contributed by atoms with E-state index < -0.39 is 0 Å². The van der Waals surface area contributed by atoms with Gasteiger partial charge in [-0.05, 0) is 5.56 Å². The Morgan fingerprint density at radius 2 is 1.89 bits per heavy atom. The zero-order valence-corrected chi connectivity index (χ0v) is 5.04. The first-order valence-corrected chi connectivity index (χ1v) is 2.84. The van der Waals surface area contributed by atoms with Crippen LogP contribution < -0.4 is 0 Å². The molecular formula is C8H7N. The fraction of sp³-hybridized carbons (Fsp3) is 0.125. The smallest absolute Gasteiger partial charge is 0.0669 e. The Labute approximate surface area is 54.6 Å². The van der Waals surface area contributed by atoms with Crippen molar-refractivity contribution in [3.8, 4) is 6.07 Å². The fourth-order valence-corrected chi connectivity index (χ4v) is 0.687. The van der Waals surface area contributed by atoms with Crippen LogP contribution in [0.5, 0.6) is 0 Å². The van der Waals surface area contributed by atoms with E-state index in [0.717, 1.165) is 5.56 Å². The van der Waals surface area contributed by atoms with Crippen LogP contribution in [0.1, 0.15) is 5.56 Å². The van der Waals surface area contributed by atoms with Crippen LogP contribution >= 0.6 is 0 Å². The molecule has 0 aromatic heterocycles. The number of hydrogen-bond donors (Lipinski definition) is 0. The predicted octanol–water partition coefficient (Wildman–Crippen LogP) is 1.75. The van der Waals surface area contributed by atoms with Gasteiger partial charge in [0.2, 0.25) is 0 Å². The van der Waals surface area contributed by atoms with Crippen molar-refractivity contribution in [3.63, 3.8) is 0 Å². The summed E-state index contributed by atoms with van der Waals surface area (Å²) in [7, 11) is 0. The molecule has 0 spiro atoms. The number of nitriles is 1. The van der Waals surface area contributed by atoms with Crippen LogP contribution in [-0.2, 0) is 6.42 Å². The van der Waals surface area contributed by atoms with E-state index in [0.29, 0.717) is 6.42 Å². The zero-order chi connectivity index (χ0) is 6.53. The highest BCUT2D eigenvalue weighted by atomic mass is 14.8. The average molecular weight is 124 g/mol. The highest BCUT2D eigenvalue weighted by Gasteiger charge is 1.84. The van der Waals surface area contributed by atoms with E-state index in [2.05, 4.69) is 6.07 Å². The third kappa shape index (κ3) is 1.58. The summed E-state index contributed by atoms with van der Waals surface area (Å²) in [6.07, 6.45) is 0.515. The summed E-state index contributed by atoms with van der Waals surface area (Å²) in [4.78, 5) is 0. The molecule has 0 aliphatic carbocycles. The topological polar surface area (TPSA) is 23.8 Å². The summed E-state index contributed by atoms with van der Waals surface area (Å²) >= 11 is 0. The van der Waals surface area contributed by atoms with Gasteiger partial charge in [-0.3, -0.25) is 0 Å². The monoisotopic (exact) mass is 124 g/mol. The normalized spacial score (nSPS) is 8.33. The van der Waals surface area contributed by atoms with Crippen LogP contribution in [0.2, 0.25) is 0 Å². The lowest BCUT2D eigenvalue weighted by atomic mass is 10.8. The van der Waals surface area contributed by atoms with Crippen molar-refractivity contribution in [1.29, 1.82) is 5.26 Å². The van der Waals surface area contributed by atoms with Gasteiger partial charge in [0.05, 0.1) is 12.5 Å². The second kappa shape index (κ2) is 2.88. The van der Waals surface area contributed by atoms with Gasteiger partial charge in [-0.15, -0.1) is 0 Å². The maximum Gasteiger partial charge on any atom is 0.0669 e. The Hall–Kier alpha value is -1.29. The summed E-state index contributed by atoms with van der Waals surface area (Å²) in [6.45, 7) is 0. The van der Waals surface area contributed by atoms with Crippen LogP contribution in [0.15, 0.2) is 30.3 Å². The highest BCUT2D eigenvalue weighted by molar-refractivity contribution is 5.17. The van der Waals surface area contributed by atoms with Crippen LogP contribution in [0.25, 0.3) is 0 Å². The first kappa shape index (κ1) is 5.84. The Kier molecular flexibility index (Phi) is 1.87. The fourth-order valence-electron chi connectivity index (χ4n) is 0.687. The van der Waals surface area contributed by atoms with Crippen molar-refractivity contribution in [1.82, 2.24) is 0 Å². The number of nitrogens with zero attached hydrogens (tertiary/aromatic N) is 1. The highest BCUT2D eigenvalue weighted by Crippen LogP contribution is 1.96. The molecule has 1 rings (SSSR count). The minimum Gasteiger partial charge on any atom is -0.198 e. The van der Waals surface area contributed by atoms with Gasteiger partial charge in [-0.1, -0.05) is 30.3 Å². The van der Waals surface area contributed by atoms with E-state index in [1.54, 1.807) is 0 Å². The third-order valence-electron chi connectivity index (χ3n) is 1.13. The van der Waals surface area contributed by atoms with Crippen molar-refractivity contribution in [2.75, 3.05) is 0 Å². The molecule has 0 N–H and O–H groups in total. The number of rotatable bonds is 1. The number of benzene rings is 1. The first-order valence-electron chi connectivity index (χ1n) is 2.84. The molecule has 0 amide bonds. The van der Waals surface area contributed by atoms with E-state index in [-0.39, 0.29) is 0 Å². The molecule has 0 saturated heterocycles. The lowest BCUT2D eigenvalue weighted by Gasteiger charge is -1.88.